The molecule has 1 fully saturated rings. The third-order valence-electron chi connectivity index (χ3n) is 4.30. The number of aromatic nitrogens is 2. The van der Waals surface area contributed by atoms with Crippen LogP contribution >= 0.6 is 0 Å². The Morgan fingerprint density at radius 2 is 1.93 bits per heavy atom. The largest absolute Gasteiger partial charge is 0.450 e. The topological polar surface area (TPSA) is 87.7 Å². The van der Waals surface area contributed by atoms with Crippen molar-refractivity contribution in [1.82, 2.24) is 20.2 Å². The molecule has 0 aliphatic carbocycles. The molecular weight excluding hydrogens is 346 g/mol. The monoisotopic (exact) mass is 369 g/mol. The highest BCUT2D eigenvalue weighted by Crippen LogP contribution is 2.14. The molecule has 0 bridgehead atoms. The van der Waals surface area contributed by atoms with E-state index in [1.807, 2.05) is 24.3 Å². The van der Waals surface area contributed by atoms with Crippen LogP contribution in [-0.4, -0.2) is 59.7 Å². The molecule has 3 heterocycles. The van der Waals surface area contributed by atoms with Gasteiger partial charge in [-0.25, -0.2) is 9.78 Å². The lowest BCUT2D eigenvalue weighted by atomic mass is 10.2. The number of piperazine rings is 1. The molecular formula is C19H23N5O3. The molecule has 0 spiro atoms. The lowest BCUT2D eigenvalue weighted by Gasteiger charge is -2.34. The van der Waals surface area contributed by atoms with Crippen LogP contribution in [0.2, 0.25) is 0 Å². The van der Waals surface area contributed by atoms with Crippen molar-refractivity contribution in [1.29, 1.82) is 0 Å². The fraction of sp³-hybridized carbons (Fsp3) is 0.368. The molecule has 0 atom stereocenters. The van der Waals surface area contributed by atoms with Crippen molar-refractivity contribution in [3.8, 4) is 0 Å². The minimum atomic E-state index is -0.273. The maximum absolute atomic E-state index is 12.2. The first-order valence-electron chi connectivity index (χ1n) is 8.98. The van der Waals surface area contributed by atoms with Crippen LogP contribution in [0.3, 0.4) is 0 Å². The highest BCUT2D eigenvalue weighted by Gasteiger charge is 2.22. The molecule has 1 saturated heterocycles. The fourth-order valence-corrected chi connectivity index (χ4v) is 2.82. The maximum Gasteiger partial charge on any atom is 0.409 e. The number of hydrogen-bond acceptors (Lipinski definition) is 6. The Bertz CT molecular complexity index is 759. The van der Waals surface area contributed by atoms with E-state index in [1.165, 1.54) is 0 Å². The minimum absolute atomic E-state index is 0.188. The van der Waals surface area contributed by atoms with Crippen LogP contribution in [-0.2, 0) is 11.3 Å². The van der Waals surface area contributed by atoms with Crippen LogP contribution in [0.15, 0.2) is 42.7 Å². The summed E-state index contributed by atoms with van der Waals surface area (Å²) in [6.07, 6.45) is 2.99. The standard InChI is InChI=1S/C19H23N5O3/c1-2-27-19(26)24-11-9-23(10-12-24)17-7-6-15(13-21-17)18(25)22-14-16-5-3-4-8-20-16/h3-8,13H,2,9-12,14H2,1H3,(H,22,25). The van der Waals surface area contributed by atoms with Gasteiger partial charge < -0.3 is 19.9 Å². The van der Waals surface area contributed by atoms with Crippen molar-refractivity contribution in [3.05, 3.63) is 54.0 Å². The second-order valence-electron chi connectivity index (χ2n) is 6.08. The molecule has 2 amide bonds. The second-order valence-corrected chi connectivity index (χ2v) is 6.08. The number of pyridine rings is 2. The quantitative estimate of drug-likeness (QED) is 0.863. The number of carbonyl (C=O) groups is 2. The number of rotatable bonds is 5. The molecule has 0 radical (unpaired) electrons. The molecule has 142 valence electrons. The summed E-state index contributed by atoms with van der Waals surface area (Å²) in [6.45, 7) is 5.08. The van der Waals surface area contributed by atoms with Gasteiger partial charge in [-0.05, 0) is 31.2 Å². The fourth-order valence-electron chi connectivity index (χ4n) is 2.82. The van der Waals surface area contributed by atoms with Gasteiger partial charge in [0, 0.05) is 38.6 Å². The van der Waals surface area contributed by atoms with Crippen molar-refractivity contribution >= 4 is 17.8 Å². The van der Waals surface area contributed by atoms with E-state index in [1.54, 1.807) is 30.3 Å². The number of ether oxygens (including phenoxy) is 1. The number of nitrogens with one attached hydrogen (secondary N) is 1. The Balaban J connectivity index is 1.51. The van der Waals surface area contributed by atoms with Gasteiger partial charge in [-0.3, -0.25) is 9.78 Å². The van der Waals surface area contributed by atoms with Gasteiger partial charge in [0.05, 0.1) is 24.4 Å². The molecule has 1 N–H and O–H groups in total. The summed E-state index contributed by atoms with van der Waals surface area (Å²) in [6, 6.07) is 9.16. The average Bonchev–Trinajstić information content (AvgIpc) is 2.73. The zero-order valence-corrected chi connectivity index (χ0v) is 15.3. The molecule has 2 aromatic heterocycles. The first-order chi connectivity index (χ1) is 13.2. The Labute approximate surface area is 158 Å². The lowest BCUT2D eigenvalue weighted by Crippen LogP contribution is -2.49. The predicted octanol–water partition coefficient (Wildman–Crippen LogP) is 1.69. The van der Waals surface area contributed by atoms with Gasteiger partial charge in [0.1, 0.15) is 5.82 Å². The zero-order chi connectivity index (χ0) is 19.1. The summed E-state index contributed by atoms with van der Waals surface area (Å²) in [5.41, 5.74) is 1.30. The molecule has 8 nitrogen and oxygen atoms in total. The number of nitrogens with zero attached hydrogens (tertiary/aromatic N) is 4. The maximum atomic E-state index is 12.2. The van der Waals surface area contributed by atoms with Crippen molar-refractivity contribution in [3.63, 3.8) is 0 Å². The Hall–Kier alpha value is -3.16. The van der Waals surface area contributed by atoms with Gasteiger partial charge in [-0.1, -0.05) is 6.07 Å². The van der Waals surface area contributed by atoms with E-state index in [4.69, 9.17) is 4.74 Å². The summed E-state index contributed by atoms with van der Waals surface area (Å²) >= 11 is 0. The molecule has 27 heavy (non-hydrogen) atoms. The Kier molecular flexibility index (Phi) is 6.19. The van der Waals surface area contributed by atoms with Crippen molar-refractivity contribution in [2.45, 2.75) is 13.5 Å². The first-order valence-corrected chi connectivity index (χ1v) is 8.98. The zero-order valence-electron chi connectivity index (χ0n) is 15.3. The third-order valence-corrected chi connectivity index (χ3v) is 4.30. The second kappa shape index (κ2) is 8.98. The highest BCUT2D eigenvalue weighted by molar-refractivity contribution is 5.94. The van der Waals surface area contributed by atoms with Gasteiger partial charge in [-0.2, -0.15) is 0 Å². The molecule has 0 saturated carbocycles. The third kappa shape index (κ3) is 4.93. The minimum Gasteiger partial charge on any atom is -0.450 e. The SMILES string of the molecule is CCOC(=O)N1CCN(c2ccc(C(=O)NCc3ccccn3)cn2)CC1. The van der Waals surface area contributed by atoms with Crippen LogP contribution in [0, 0.1) is 0 Å². The van der Waals surface area contributed by atoms with Gasteiger partial charge in [-0.15, -0.1) is 0 Å². The first kappa shape index (κ1) is 18.6. The number of carbonyl (C=O) groups excluding carboxylic acids is 2. The molecule has 8 heteroatoms. The molecule has 1 aliphatic rings. The molecule has 0 unspecified atom stereocenters. The van der Waals surface area contributed by atoms with E-state index in [2.05, 4.69) is 20.2 Å². The van der Waals surface area contributed by atoms with Gasteiger partial charge in [0.25, 0.3) is 5.91 Å². The Morgan fingerprint density at radius 1 is 1.11 bits per heavy atom. The molecule has 0 aromatic carbocycles. The van der Waals surface area contributed by atoms with E-state index in [9.17, 15) is 9.59 Å². The van der Waals surface area contributed by atoms with E-state index < -0.39 is 0 Å². The summed E-state index contributed by atoms with van der Waals surface area (Å²) in [5, 5.41) is 2.83. The van der Waals surface area contributed by atoms with Crippen LogP contribution in [0.5, 0.6) is 0 Å². The summed E-state index contributed by atoms with van der Waals surface area (Å²) in [7, 11) is 0. The predicted molar refractivity (Wildman–Crippen MR) is 100 cm³/mol. The summed E-state index contributed by atoms with van der Waals surface area (Å²) in [4.78, 5) is 36.3. The van der Waals surface area contributed by atoms with Crippen molar-refractivity contribution in [2.75, 3.05) is 37.7 Å². The number of hydrogen-bond donors (Lipinski definition) is 1. The lowest BCUT2D eigenvalue weighted by molar-refractivity contribution is 0.0949. The van der Waals surface area contributed by atoms with Crippen LogP contribution < -0.4 is 10.2 Å². The van der Waals surface area contributed by atoms with Crippen molar-refractivity contribution < 1.29 is 14.3 Å². The number of amides is 2. The van der Waals surface area contributed by atoms with E-state index in [0.29, 0.717) is 44.9 Å². The summed E-state index contributed by atoms with van der Waals surface area (Å²) < 4.78 is 5.02. The summed E-state index contributed by atoms with van der Waals surface area (Å²) in [5.74, 6) is 0.603. The van der Waals surface area contributed by atoms with E-state index in [-0.39, 0.29) is 12.0 Å². The Morgan fingerprint density at radius 3 is 2.56 bits per heavy atom. The van der Waals surface area contributed by atoms with Crippen LogP contribution in [0.25, 0.3) is 0 Å². The molecule has 2 aromatic rings. The molecule has 3 rings (SSSR count). The average molecular weight is 369 g/mol. The van der Waals surface area contributed by atoms with E-state index in [0.717, 1.165) is 11.5 Å². The van der Waals surface area contributed by atoms with Crippen molar-refractivity contribution in [2.24, 2.45) is 0 Å². The smallest absolute Gasteiger partial charge is 0.409 e. The highest BCUT2D eigenvalue weighted by atomic mass is 16.6. The van der Waals surface area contributed by atoms with Crippen LogP contribution in [0.1, 0.15) is 23.0 Å². The van der Waals surface area contributed by atoms with E-state index >= 15 is 0 Å². The van der Waals surface area contributed by atoms with Gasteiger partial charge >= 0.3 is 6.09 Å². The van der Waals surface area contributed by atoms with Gasteiger partial charge in [0.2, 0.25) is 0 Å². The van der Waals surface area contributed by atoms with Crippen LogP contribution in [0.4, 0.5) is 10.6 Å². The number of anilines is 1. The van der Waals surface area contributed by atoms with Gasteiger partial charge in [0.15, 0.2) is 0 Å². The molecule has 1 aliphatic heterocycles. The normalized spacial score (nSPS) is 14.0.